The van der Waals surface area contributed by atoms with E-state index in [2.05, 4.69) is 34.6 Å². The third-order valence-corrected chi connectivity index (χ3v) is 13.4. The zero-order chi connectivity index (χ0) is 32.0. The third kappa shape index (κ3) is 4.48. The zero-order valence-corrected chi connectivity index (χ0v) is 26.5. The lowest BCUT2D eigenvalue weighted by Gasteiger charge is -2.67. The molecule has 1 aromatic rings. The monoisotopic (exact) mass is 608 g/mol. The van der Waals surface area contributed by atoms with Gasteiger partial charge in [0.15, 0.2) is 5.78 Å². The Hall–Kier alpha value is -3.03. The van der Waals surface area contributed by atoms with Gasteiger partial charge in [-0.05, 0) is 116 Å². The summed E-state index contributed by atoms with van der Waals surface area (Å²) in [6.07, 6.45) is 8.67. The van der Waals surface area contributed by atoms with E-state index in [1.807, 2.05) is 6.08 Å². The molecular formula is C36H45FO7. The third-order valence-electron chi connectivity index (χ3n) is 13.4. The number of carbonyl (C=O) groups is 4. The Kier molecular flexibility index (Phi) is 7.21. The highest BCUT2D eigenvalue weighted by Gasteiger charge is 2.67. The van der Waals surface area contributed by atoms with Crippen LogP contribution in [0, 0.1) is 57.1 Å². The van der Waals surface area contributed by atoms with Gasteiger partial charge in [0.1, 0.15) is 11.9 Å². The summed E-state index contributed by atoms with van der Waals surface area (Å²) in [4.78, 5) is 51.3. The van der Waals surface area contributed by atoms with Crippen molar-refractivity contribution in [2.24, 2.45) is 51.2 Å². The number of allylic oxidation sites excluding steroid dienone is 2. The predicted molar refractivity (Wildman–Crippen MR) is 160 cm³/mol. The Bertz CT molecular complexity index is 1460. The molecule has 238 valence electrons. The smallest absolute Gasteiger partial charge is 0.339 e. The molecule has 0 spiro atoms. The standard InChI is InChI=1S/C36H45FO7/c1-33(2)27-10-14-35(4)24-9-13-34(3)12-8-19(30(39)40)16-25(34)23(24)18-26(38)29(35)36(27,5)15-11-28(33)44-32(43)21-7-6-20(37)17-22(21)31(41)42/h6-7,17-19,24-25,27-29H,8-16H2,1-5H3,(H,39,40)(H,41,42)/t19-,24?,25-,27?,28-,29?,34+,35-,36-/m0/s1. The molecule has 5 aliphatic carbocycles. The maximum absolute atomic E-state index is 14.4. The van der Waals surface area contributed by atoms with Gasteiger partial charge in [0.05, 0.1) is 17.0 Å². The Labute approximate surface area is 258 Å². The molecule has 44 heavy (non-hydrogen) atoms. The van der Waals surface area contributed by atoms with E-state index < -0.39 is 40.8 Å². The predicted octanol–water partition coefficient (Wildman–Crippen LogP) is 7.33. The molecule has 0 aromatic heterocycles. The van der Waals surface area contributed by atoms with E-state index >= 15 is 0 Å². The number of aliphatic carboxylic acids is 1. The summed E-state index contributed by atoms with van der Waals surface area (Å²) < 4.78 is 19.8. The largest absolute Gasteiger partial charge is 0.481 e. The molecule has 6 rings (SSSR count). The number of ketones is 1. The molecule has 5 aliphatic rings. The fourth-order valence-electron chi connectivity index (χ4n) is 11.2. The first-order valence-electron chi connectivity index (χ1n) is 16.2. The summed E-state index contributed by atoms with van der Waals surface area (Å²) >= 11 is 0. The summed E-state index contributed by atoms with van der Waals surface area (Å²) in [5.41, 5.74) is -0.392. The number of carbonyl (C=O) groups excluding carboxylic acids is 2. The Morgan fingerprint density at radius 3 is 2.23 bits per heavy atom. The second-order valence-corrected chi connectivity index (χ2v) is 15.9. The maximum atomic E-state index is 14.4. The van der Waals surface area contributed by atoms with E-state index in [0.717, 1.165) is 50.3 Å². The van der Waals surface area contributed by atoms with Gasteiger partial charge in [0.2, 0.25) is 0 Å². The van der Waals surface area contributed by atoms with Crippen molar-refractivity contribution in [3.63, 3.8) is 0 Å². The summed E-state index contributed by atoms with van der Waals surface area (Å²) in [6.45, 7) is 11.0. The first kappa shape index (κ1) is 31.0. The van der Waals surface area contributed by atoms with Gasteiger partial charge in [-0.25, -0.2) is 14.0 Å². The summed E-state index contributed by atoms with van der Waals surface area (Å²) in [5.74, 6) is -3.55. The van der Waals surface area contributed by atoms with Crippen LogP contribution < -0.4 is 0 Å². The van der Waals surface area contributed by atoms with Crippen LogP contribution in [-0.2, 0) is 14.3 Å². The molecular weight excluding hydrogens is 563 g/mol. The molecule has 0 bridgehead atoms. The van der Waals surface area contributed by atoms with E-state index in [0.29, 0.717) is 25.7 Å². The van der Waals surface area contributed by atoms with Crippen molar-refractivity contribution in [2.45, 2.75) is 98.5 Å². The van der Waals surface area contributed by atoms with Crippen molar-refractivity contribution >= 4 is 23.7 Å². The average Bonchev–Trinajstić information content (AvgIpc) is 2.93. The Balaban J connectivity index is 1.29. The number of ether oxygens (including phenoxy) is 1. The second-order valence-electron chi connectivity index (χ2n) is 15.9. The molecule has 4 saturated carbocycles. The molecule has 9 atom stereocenters. The highest BCUT2D eigenvalue weighted by Crippen LogP contribution is 2.71. The lowest BCUT2D eigenvalue weighted by molar-refractivity contribution is -0.188. The Morgan fingerprint density at radius 2 is 1.55 bits per heavy atom. The molecule has 0 amide bonds. The van der Waals surface area contributed by atoms with Crippen LogP contribution in [-0.4, -0.2) is 40.0 Å². The summed E-state index contributed by atoms with van der Waals surface area (Å²) in [6, 6.07) is 3.06. The molecule has 1 aromatic carbocycles. The number of halogens is 1. The number of fused-ring (bicyclic) bond motifs is 7. The average molecular weight is 609 g/mol. The van der Waals surface area contributed by atoms with E-state index in [9.17, 15) is 33.8 Å². The minimum absolute atomic E-state index is 0.0355. The molecule has 0 aliphatic heterocycles. The second kappa shape index (κ2) is 10.2. The van der Waals surface area contributed by atoms with Crippen molar-refractivity contribution in [3.05, 3.63) is 46.8 Å². The summed E-state index contributed by atoms with van der Waals surface area (Å²) in [7, 11) is 0. The molecule has 0 saturated heterocycles. The van der Waals surface area contributed by atoms with Gasteiger partial charge in [-0.3, -0.25) is 9.59 Å². The summed E-state index contributed by atoms with van der Waals surface area (Å²) in [5, 5.41) is 19.4. The van der Waals surface area contributed by atoms with Crippen molar-refractivity contribution in [1.82, 2.24) is 0 Å². The first-order valence-corrected chi connectivity index (χ1v) is 16.2. The van der Waals surface area contributed by atoms with Crippen LogP contribution in [0.25, 0.3) is 0 Å². The number of benzene rings is 1. The van der Waals surface area contributed by atoms with Gasteiger partial charge in [0, 0.05) is 11.3 Å². The highest BCUT2D eigenvalue weighted by molar-refractivity contribution is 6.02. The maximum Gasteiger partial charge on any atom is 0.339 e. The van der Waals surface area contributed by atoms with Crippen LogP contribution >= 0.6 is 0 Å². The van der Waals surface area contributed by atoms with Crippen molar-refractivity contribution in [1.29, 1.82) is 0 Å². The minimum Gasteiger partial charge on any atom is -0.481 e. The molecule has 2 N–H and O–H groups in total. The fraction of sp³-hybridized carbons (Fsp3) is 0.667. The quantitative estimate of drug-likeness (QED) is 0.344. The molecule has 0 radical (unpaired) electrons. The molecule has 0 heterocycles. The molecule has 3 unspecified atom stereocenters. The fourth-order valence-corrected chi connectivity index (χ4v) is 11.2. The molecule has 4 fully saturated rings. The zero-order valence-electron chi connectivity index (χ0n) is 26.5. The number of hydrogen-bond donors (Lipinski definition) is 2. The van der Waals surface area contributed by atoms with E-state index in [1.165, 1.54) is 5.57 Å². The van der Waals surface area contributed by atoms with Gasteiger partial charge in [-0.15, -0.1) is 0 Å². The number of esters is 1. The topological polar surface area (TPSA) is 118 Å². The van der Waals surface area contributed by atoms with Gasteiger partial charge < -0.3 is 14.9 Å². The normalized spacial score (nSPS) is 40.8. The van der Waals surface area contributed by atoms with E-state index in [-0.39, 0.29) is 57.2 Å². The Morgan fingerprint density at radius 1 is 0.864 bits per heavy atom. The van der Waals surface area contributed by atoms with Crippen molar-refractivity contribution in [2.75, 3.05) is 0 Å². The minimum atomic E-state index is -1.39. The van der Waals surface area contributed by atoms with Crippen molar-refractivity contribution < 1.29 is 38.5 Å². The molecule has 8 heteroatoms. The van der Waals surface area contributed by atoms with Crippen LogP contribution in [0.3, 0.4) is 0 Å². The van der Waals surface area contributed by atoms with Gasteiger partial charge in [-0.1, -0.05) is 40.2 Å². The number of carboxylic acids is 2. The van der Waals surface area contributed by atoms with Gasteiger partial charge in [-0.2, -0.15) is 0 Å². The lowest BCUT2D eigenvalue weighted by Crippen LogP contribution is -2.64. The van der Waals surface area contributed by atoms with E-state index in [4.69, 9.17) is 4.74 Å². The van der Waals surface area contributed by atoms with Crippen LogP contribution in [0.5, 0.6) is 0 Å². The van der Waals surface area contributed by atoms with E-state index in [1.54, 1.807) is 0 Å². The van der Waals surface area contributed by atoms with Crippen LogP contribution in [0.15, 0.2) is 29.8 Å². The van der Waals surface area contributed by atoms with Crippen LogP contribution in [0.4, 0.5) is 4.39 Å². The van der Waals surface area contributed by atoms with Crippen LogP contribution in [0.2, 0.25) is 0 Å². The number of carboxylic acid groups (broad SMARTS) is 2. The highest BCUT2D eigenvalue weighted by atomic mass is 19.1. The number of rotatable bonds is 4. The number of hydrogen-bond acceptors (Lipinski definition) is 5. The molecule has 7 nitrogen and oxygen atoms in total. The first-order chi connectivity index (χ1) is 20.5. The SMILES string of the molecule is CC1(C)C2CC[C@@]3(C)C4CC[C@@]5(C)CC[C@H](C(=O)O)C[C@H]5C4=CC(=O)C3[C@@]2(C)CC[C@@H]1OC(=O)c1ccc(F)cc1C(=O)O. The van der Waals surface area contributed by atoms with Crippen molar-refractivity contribution in [3.8, 4) is 0 Å². The van der Waals surface area contributed by atoms with Gasteiger partial charge >= 0.3 is 17.9 Å². The van der Waals surface area contributed by atoms with Gasteiger partial charge in [0.25, 0.3) is 0 Å². The lowest BCUT2D eigenvalue weighted by atomic mass is 9.37. The number of aromatic carboxylic acids is 1. The van der Waals surface area contributed by atoms with Crippen LogP contribution in [0.1, 0.15) is 113 Å².